The predicted molar refractivity (Wildman–Crippen MR) is 73.6 cm³/mol. The van der Waals surface area contributed by atoms with E-state index in [0.29, 0.717) is 0 Å². The van der Waals surface area contributed by atoms with Crippen LogP contribution in [0.15, 0.2) is 30.1 Å². The Hall–Kier alpha value is -2.02. The van der Waals surface area contributed by atoms with Crippen LogP contribution in [-0.4, -0.2) is 37.7 Å². The van der Waals surface area contributed by atoms with Gasteiger partial charge in [0.25, 0.3) is 6.29 Å². The molecule has 2 rings (SSSR count). The third-order valence-electron chi connectivity index (χ3n) is 3.10. The first-order valence-electron chi connectivity index (χ1n) is 6.67. The van der Waals surface area contributed by atoms with Gasteiger partial charge in [0, 0.05) is 20.7 Å². The summed E-state index contributed by atoms with van der Waals surface area (Å²) in [6.07, 6.45) is -5.59. The summed E-state index contributed by atoms with van der Waals surface area (Å²) in [7, 11) is 3.29. The summed E-state index contributed by atoms with van der Waals surface area (Å²) in [4.78, 5) is 13.9. The zero-order chi connectivity index (χ0) is 16.5. The van der Waals surface area contributed by atoms with Crippen molar-refractivity contribution in [2.24, 2.45) is 0 Å². The molecule has 1 atom stereocenters. The molecule has 22 heavy (non-hydrogen) atoms. The summed E-state index contributed by atoms with van der Waals surface area (Å²) in [6, 6.07) is 4.61. The molecule has 0 radical (unpaired) electrons. The molecule has 0 aromatic heterocycles. The summed E-state index contributed by atoms with van der Waals surface area (Å²) in [5.74, 6) is -0.285. The maximum atomic E-state index is 12.8. The minimum absolute atomic E-state index is 0.0922. The quantitative estimate of drug-likeness (QED) is 0.856. The van der Waals surface area contributed by atoms with E-state index in [1.54, 1.807) is 21.0 Å². The fourth-order valence-corrected chi connectivity index (χ4v) is 2.14. The average molecular weight is 315 g/mol. The van der Waals surface area contributed by atoms with E-state index in [1.165, 1.54) is 17.0 Å². The molecule has 0 fully saturated rings. The largest absolute Gasteiger partial charge is 0.441 e. The van der Waals surface area contributed by atoms with Crippen LogP contribution in [-0.2, 0) is 20.4 Å². The van der Waals surface area contributed by atoms with E-state index >= 15 is 0 Å². The molecule has 1 aromatic carbocycles. The first-order valence-corrected chi connectivity index (χ1v) is 6.67. The molecule has 0 amide bonds. The molecule has 0 bridgehead atoms. The molecule has 1 aliphatic rings. The summed E-state index contributed by atoms with van der Waals surface area (Å²) >= 11 is 0. The van der Waals surface area contributed by atoms with E-state index in [0.717, 1.165) is 12.1 Å². The van der Waals surface area contributed by atoms with E-state index in [9.17, 15) is 18.0 Å². The van der Waals surface area contributed by atoms with Gasteiger partial charge in [-0.05, 0) is 24.6 Å². The lowest BCUT2D eigenvalue weighted by Crippen LogP contribution is -2.22. The highest BCUT2D eigenvalue weighted by atomic mass is 19.4. The predicted octanol–water partition coefficient (Wildman–Crippen LogP) is 2.90. The minimum Gasteiger partial charge on any atom is -0.441 e. The Balaban J connectivity index is 2.48. The molecule has 4 nitrogen and oxygen atoms in total. The van der Waals surface area contributed by atoms with Crippen molar-refractivity contribution in [2.45, 2.75) is 19.4 Å². The monoisotopic (exact) mass is 315 g/mol. The highest BCUT2D eigenvalue weighted by Crippen LogP contribution is 2.35. The number of nitrogens with zero attached hydrogens (tertiary/aromatic N) is 1. The van der Waals surface area contributed by atoms with Crippen LogP contribution >= 0.6 is 0 Å². The number of ether oxygens (including phenoxy) is 2. The number of ketones is 1. The standard InChI is InChI=1S/C15H16F3NO3/c1-4-21-14-12(20)11(13(22-14)19(2)3)9-6-5-7-10(8-9)15(16,17)18/h5-8,14H,4H2,1-3H3. The Morgan fingerprint density at radius 1 is 1.32 bits per heavy atom. The molecule has 1 aliphatic heterocycles. The molecule has 0 spiro atoms. The Morgan fingerprint density at radius 2 is 2.00 bits per heavy atom. The molecular formula is C15H16F3NO3. The first kappa shape index (κ1) is 16.4. The second-order valence-corrected chi connectivity index (χ2v) is 4.92. The normalized spacial score (nSPS) is 18.6. The molecule has 0 saturated heterocycles. The number of hydrogen-bond donors (Lipinski definition) is 0. The molecule has 0 aliphatic carbocycles. The van der Waals surface area contributed by atoms with Gasteiger partial charge in [0.05, 0.1) is 11.1 Å². The third-order valence-corrected chi connectivity index (χ3v) is 3.10. The van der Waals surface area contributed by atoms with Gasteiger partial charge in [0.15, 0.2) is 0 Å². The maximum Gasteiger partial charge on any atom is 0.416 e. The SMILES string of the molecule is CCOC1OC(N(C)C)=C(c2cccc(C(F)(F)F)c2)C1=O. The van der Waals surface area contributed by atoms with Gasteiger partial charge in [0.2, 0.25) is 11.7 Å². The van der Waals surface area contributed by atoms with Crippen molar-refractivity contribution in [1.29, 1.82) is 0 Å². The smallest absolute Gasteiger partial charge is 0.416 e. The molecule has 0 saturated carbocycles. The van der Waals surface area contributed by atoms with Gasteiger partial charge in [-0.15, -0.1) is 0 Å². The Morgan fingerprint density at radius 3 is 2.55 bits per heavy atom. The van der Waals surface area contributed by atoms with Crippen LogP contribution in [0, 0.1) is 0 Å². The molecular weight excluding hydrogens is 299 g/mol. The third kappa shape index (κ3) is 3.09. The Bertz CT molecular complexity index is 608. The van der Waals surface area contributed by atoms with Crippen molar-refractivity contribution in [2.75, 3.05) is 20.7 Å². The van der Waals surface area contributed by atoms with Crippen LogP contribution < -0.4 is 0 Å². The van der Waals surface area contributed by atoms with Crippen molar-refractivity contribution in [1.82, 2.24) is 4.90 Å². The summed E-state index contributed by atoms with van der Waals surface area (Å²) in [5.41, 5.74) is -0.566. The maximum absolute atomic E-state index is 12.8. The van der Waals surface area contributed by atoms with Crippen LogP contribution in [0.25, 0.3) is 5.57 Å². The molecule has 7 heteroatoms. The Labute approximate surface area is 126 Å². The fourth-order valence-electron chi connectivity index (χ4n) is 2.14. The van der Waals surface area contributed by atoms with Gasteiger partial charge in [0.1, 0.15) is 0 Å². The zero-order valence-electron chi connectivity index (χ0n) is 12.4. The topological polar surface area (TPSA) is 38.8 Å². The van der Waals surface area contributed by atoms with Crippen molar-refractivity contribution >= 4 is 11.4 Å². The second kappa shape index (κ2) is 6.00. The number of rotatable bonds is 4. The summed E-state index contributed by atoms with van der Waals surface area (Å²) in [5, 5.41) is 0. The van der Waals surface area contributed by atoms with Crippen LogP contribution in [0.3, 0.4) is 0 Å². The van der Waals surface area contributed by atoms with Crippen molar-refractivity contribution < 1.29 is 27.4 Å². The van der Waals surface area contributed by atoms with Crippen molar-refractivity contribution in [3.05, 3.63) is 41.3 Å². The van der Waals surface area contributed by atoms with Gasteiger partial charge in [-0.3, -0.25) is 4.79 Å². The number of carbonyl (C=O) groups excluding carboxylic acids is 1. The lowest BCUT2D eigenvalue weighted by atomic mass is 10.0. The number of hydrogen-bond acceptors (Lipinski definition) is 4. The fraction of sp³-hybridized carbons (Fsp3) is 0.400. The van der Waals surface area contributed by atoms with Gasteiger partial charge < -0.3 is 14.4 Å². The lowest BCUT2D eigenvalue weighted by Gasteiger charge is -2.16. The average Bonchev–Trinajstić information content (AvgIpc) is 2.76. The van der Waals surface area contributed by atoms with E-state index in [-0.39, 0.29) is 23.6 Å². The van der Waals surface area contributed by atoms with Crippen LogP contribution in [0.5, 0.6) is 0 Å². The van der Waals surface area contributed by atoms with Crippen LogP contribution in [0.1, 0.15) is 18.1 Å². The van der Waals surface area contributed by atoms with E-state index in [2.05, 4.69) is 0 Å². The Kier molecular flexibility index (Phi) is 4.46. The highest BCUT2D eigenvalue weighted by Gasteiger charge is 2.39. The van der Waals surface area contributed by atoms with Gasteiger partial charge >= 0.3 is 6.18 Å². The lowest BCUT2D eigenvalue weighted by molar-refractivity contribution is -0.150. The van der Waals surface area contributed by atoms with Crippen LogP contribution in [0.4, 0.5) is 13.2 Å². The number of benzene rings is 1. The number of halogens is 3. The minimum atomic E-state index is -4.48. The van der Waals surface area contributed by atoms with Gasteiger partial charge in [-0.2, -0.15) is 13.2 Å². The first-order chi connectivity index (χ1) is 10.3. The number of Topliss-reactive ketones (excluding diaryl/α,β-unsaturated/α-hetero) is 1. The molecule has 1 heterocycles. The van der Waals surface area contributed by atoms with E-state index < -0.39 is 23.8 Å². The van der Waals surface area contributed by atoms with Crippen molar-refractivity contribution in [3.63, 3.8) is 0 Å². The molecule has 0 N–H and O–H groups in total. The van der Waals surface area contributed by atoms with E-state index in [1.807, 2.05) is 0 Å². The second-order valence-electron chi connectivity index (χ2n) is 4.92. The van der Waals surface area contributed by atoms with Crippen LogP contribution in [0.2, 0.25) is 0 Å². The van der Waals surface area contributed by atoms with Crippen molar-refractivity contribution in [3.8, 4) is 0 Å². The van der Waals surface area contributed by atoms with Gasteiger partial charge in [-0.25, -0.2) is 0 Å². The molecule has 1 aromatic rings. The van der Waals surface area contributed by atoms with Gasteiger partial charge in [-0.1, -0.05) is 12.1 Å². The molecule has 1 unspecified atom stereocenters. The summed E-state index contributed by atoms with van der Waals surface area (Å²) in [6.45, 7) is 1.96. The van der Waals surface area contributed by atoms with E-state index in [4.69, 9.17) is 9.47 Å². The number of alkyl halides is 3. The molecule has 120 valence electrons. The highest BCUT2D eigenvalue weighted by molar-refractivity contribution is 6.24. The number of carbonyl (C=O) groups is 1. The summed E-state index contributed by atoms with van der Waals surface area (Å²) < 4.78 is 49.1. The zero-order valence-corrected chi connectivity index (χ0v) is 12.4.